The van der Waals surface area contributed by atoms with Gasteiger partial charge >= 0.3 is 5.97 Å². The second-order valence-corrected chi connectivity index (χ2v) is 5.18. The third-order valence-corrected chi connectivity index (χ3v) is 3.59. The first kappa shape index (κ1) is 15.1. The van der Waals surface area contributed by atoms with E-state index < -0.39 is 12.0 Å². The van der Waals surface area contributed by atoms with Gasteiger partial charge in [-0.1, -0.05) is 38.0 Å². The Morgan fingerprint density at radius 1 is 1.33 bits per heavy atom. The van der Waals surface area contributed by atoms with E-state index in [0.29, 0.717) is 12.0 Å². The number of aryl methyl sites for hydroxylation is 1. The summed E-state index contributed by atoms with van der Waals surface area (Å²) in [5.74, 6) is -1.33. The van der Waals surface area contributed by atoms with Gasteiger partial charge in [0.25, 0.3) is 5.91 Å². The molecule has 1 aromatic carbocycles. The third kappa shape index (κ3) is 3.24. The number of unbranched alkanes of at least 4 members (excludes halogenated alkanes) is 1. The second-order valence-electron chi connectivity index (χ2n) is 5.18. The number of aromatic nitrogens is 1. The smallest absolute Gasteiger partial charge is 0.326 e. The molecule has 0 fully saturated rings. The van der Waals surface area contributed by atoms with Crippen LogP contribution in [-0.4, -0.2) is 27.6 Å². The fraction of sp³-hybridized carbons (Fsp3) is 0.375. The highest BCUT2D eigenvalue weighted by molar-refractivity contribution is 6.07. The van der Waals surface area contributed by atoms with Crippen LogP contribution in [0.5, 0.6) is 0 Å². The van der Waals surface area contributed by atoms with Gasteiger partial charge in [0.05, 0.1) is 5.56 Å². The van der Waals surface area contributed by atoms with Gasteiger partial charge in [-0.3, -0.25) is 4.79 Å². The number of carbonyl (C=O) groups is 2. The Balaban J connectivity index is 2.23. The van der Waals surface area contributed by atoms with Crippen molar-refractivity contribution in [3.8, 4) is 0 Å². The highest BCUT2D eigenvalue weighted by Crippen LogP contribution is 2.20. The minimum Gasteiger partial charge on any atom is -0.480 e. The molecule has 112 valence electrons. The maximum Gasteiger partial charge on any atom is 0.326 e. The van der Waals surface area contributed by atoms with Gasteiger partial charge in [-0.25, -0.2) is 4.79 Å². The summed E-state index contributed by atoms with van der Waals surface area (Å²) in [5.41, 5.74) is 1.46. The van der Waals surface area contributed by atoms with E-state index in [0.717, 1.165) is 23.7 Å². The molecule has 5 heteroatoms. The zero-order valence-corrected chi connectivity index (χ0v) is 12.3. The predicted molar refractivity (Wildman–Crippen MR) is 81.3 cm³/mol. The van der Waals surface area contributed by atoms with E-state index in [1.165, 1.54) is 0 Å². The lowest BCUT2D eigenvalue weighted by Crippen LogP contribution is -2.40. The molecule has 1 aromatic heterocycles. The Morgan fingerprint density at radius 2 is 2.05 bits per heavy atom. The fourth-order valence-electron chi connectivity index (χ4n) is 2.42. The van der Waals surface area contributed by atoms with E-state index in [1.807, 2.05) is 42.8 Å². The Morgan fingerprint density at radius 3 is 2.71 bits per heavy atom. The zero-order chi connectivity index (χ0) is 15.4. The average molecular weight is 288 g/mol. The first-order chi connectivity index (χ1) is 10.0. The summed E-state index contributed by atoms with van der Waals surface area (Å²) in [4.78, 5) is 23.6. The van der Waals surface area contributed by atoms with Gasteiger partial charge in [0.15, 0.2) is 0 Å². The van der Waals surface area contributed by atoms with E-state index in [4.69, 9.17) is 0 Å². The summed E-state index contributed by atoms with van der Waals surface area (Å²) < 4.78 is 1.87. The monoisotopic (exact) mass is 288 g/mol. The van der Waals surface area contributed by atoms with Crippen LogP contribution in [0.4, 0.5) is 0 Å². The molecule has 1 heterocycles. The molecule has 21 heavy (non-hydrogen) atoms. The van der Waals surface area contributed by atoms with Crippen LogP contribution < -0.4 is 5.32 Å². The minimum absolute atomic E-state index is 0.338. The van der Waals surface area contributed by atoms with Gasteiger partial charge in [0.1, 0.15) is 6.04 Å². The summed E-state index contributed by atoms with van der Waals surface area (Å²) in [7, 11) is 1.87. The van der Waals surface area contributed by atoms with Crippen LogP contribution in [0.3, 0.4) is 0 Å². The number of nitrogens with one attached hydrogen (secondary N) is 1. The lowest BCUT2D eigenvalue weighted by Gasteiger charge is -2.13. The van der Waals surface area contributed by atoms with Crippen molar-refractivity contribution in [2.45, 2.75) is 32.2 Å². The topological polar surface area (TPSA) is 71.3 Å². The Kier molecular flexibility index (Phi) is 4.62. The van der Waals surface area contributed by atoms with Crippen LogP contribution in [0.1, 0.15) is 36.5 Å². The van der Waals surface area contributed by atoms with E-state index in [2.05, 4.69) is 5.32 Å². The molecular formula is C16H20N2O3. The van der Waals surface area contributed by atoms with Crippen LogP contribution in [0.25, 0.3) is 10.9 Å². The first-order valence-corrected chi connectivity index (χ1v) is 7.12. The maximum absolute atomic E-state index is 12.4. The normalized spacial score (nSPS) is 12.3. The molecule has 0 saturated carbocycles. The van der Waals surface area contributed by atoms with Gasteiger partial charge in [-0.05, 0) is 12.5 Å². The number of carboxylic acids is 1. The third-order valence-electron chi connectivity index (χ3n) is 3.59. The molecule has 2 N–H and O–H groups in total. The summed E-state index contributed by atoms with van der Waals surface area (Å²) >= 11 is 0. The largest absolute Gasteiger partial charge is 0.480 e. The van der Waals surface area contributed by atoms with Crippen molar-refractivity contribution in [2.24, 2.45) is 7.05 Å². The van der Waals surface area contributed by atoms with Gasteiger partial charge in [0, 0.05) is 24.1 Å². The van der Waals surface area contributed by atoms with Crippen molar-refractivity contribution < 1.29 is 14.7 Å². The molecule has 0 saturated heterocycles. The number of amides is 1. The number of hydrogen-bond donors (Lipinski definition) is 2. The molecule has 0 spiro atoms. The van der Waals surface area contributed by atoms with Crippen LogP contribution >= 0.6 is 0 Å². The number of aliphatic carboxylic acids is 1. The van der Waals surface area contributed by atoms with E-state index >= 15 is 0 Å². The standard InChI is InChI=1S/C16H20N2O3/c1-3-4-8-13(16(20)21)17-15(19)12-10-18(2)14-9-6-5-7-11(12)14/h5-7,9-10,13H,3-4,8H2,1-2H3,(H,17,19)(H,20,21). The number of nitrogens with zero attached hydrogens (tertiary/aromatic N) is 1. The number of carbonyl (C=O) groups excluding carboxylic acids is 1. The summed E-state index contributed by atoms with van der Waals surface area (Å²) in [5, 5.41) is 12.6. The van der Waals surface area contributed by atoms with Crippen LogP contribution in [0.2, 0.25) is 0 Å². The number of rotatable bonds is 6. The Bertz CT molecular complexity index is 661. The molecule has 2 rings (SSSR count). The SMILES string of the molecule is CCCCC(NC(=O)c1cn(C)c2ccccc12)C(=O)O. The Labute approximate surface area is 123 Å². The van der Waals surface area contributed by atoms with Crippen molar-refractivity contribution >= 4 is 22.8 Å². The van der Waals surface area contributed by atoms with Crippen LogP contribution in [0.15, 0.2) is 30.5 Å². The van der Waals surface area contributed by atoms with Crippen molar-refractivity contribution in [3.05, 3.63) is 36.0 Å². The number of carboxylic acid groups (broad SMARTS) is 1. The summed E-state index contributed by atoms with van der Waals surface area (Å²) in [6.45, 7) is 1.99. The van der Waals surface area contributed by atoms with Crippen molar-refractivity contribution in [1.82, 2.24) is 9.88 Å². The number of benzene rings is 1. The minimum atomic E-state index is -0.989. The van der Waals surface area contributed by atoms with Crippen LogP contribution in [0, 0.1) is 0 Å². The van der Waals surface area contributed by atoms with E-state index in [-0.39, 0.29) is 5.91 Å². The second kappa shape index (κ2) is 6.43. The fourth-order valence-corrected chi connectivity index (χ4v) is 2.42. The zero-order valence-electron chi connectivity index (χ0n) is 12.3. The maximum atomic E-state index is 12.4. The summed E-state index contributed by atoms with van der Waals surface area (Å²) in [6, 6.07) is 6.73. The van der Waals surface area contributed by atoms with Gasteiger partial charge < -0.3 is 15.0 Å². The lowest BCUT2D eigenvalue weighted by molar-refractivity contribution is -0.139. The first-order valence-electron chi connectivity index (χ1n) is 7.12. The average Bonchev–Trinajstić information content (AvgIpc) is 2.81. The molecule has 0 radical (unpaired) electrons. The molecule has 1 atom stereocenters. The summed E-state index contributed by atoms with van der Waals surface area (Å²) in [6.07, 6.45) is 3.85. The van der Waals surface area contributed by atoms with Gasteiger partial charge in [0.2, 0.25) is 0 Å². The number of para-hydroxylation sites is 1. The molecule has 0 aliphatic rings. The van der Waals surface area contributed by atoms with Gasteiger partial charge in [-0.15, -0.1) is 0 Å². The molecule has 2 aromatic rings. The lowest BCUT2D eigenvalue weighted by atomic mass is 10.1. The molecule has 0 aliphatic heterocycles. The van der Waals surface area contributed by atoms with Gasteiger partial charge in [-0.2, -0.15) is 0 Å². The molecule has 0 aliphatic carbocycles. The molecule has 0 bridgehead atoms. The molecule has 1 amide bonds. The quantitative estimate of drug-likeness (QED) is 0.858. The molecule has 5 nitrogen and oxygen atoms in total. The highest BCUT2D eigenvalue weighted by Gasteiger charge is 2.22. The van der Waals surface area contributed by atoms with E-state index in [1.54, 1.807) is 6.20 Å². The molecule has 1 unspecified atom stereocenters. The molecular weight excluding hydrogens is 268 g/mol. The predicted octanol–water partition coefficient (Wildman–Crippen LogP) is 2.55. The van der Waals surface area contributed by atoms with Crippen molar-refractivity contribution in [1.29, 1.82) is 0 Å². The van der Waals surface area contributed by atoms with Crippen LogP contribution in [-0.2, 0) is 11.8 Å². The number of hydrogen-bond acceptors (Lipinski definition) is 2. The van der Waals surface area contributed by atoms with E-state index in [9.17, 15) is 14.7 Å². The van der Waals surface area contributed by atoms with Crippen molar-refractivity contribution in [2.75, 3.05) is 0 Å². The Hall–Kier alpha value is -2.30. The highest BCUT2D eigenvalue weighted by atomic mass is 16.4. The van der Waals surface area contributed by atoms with Crippen molar-refractivity contribution in [3.63, 3.8) is 0 Å². The number of fused-ring (bicyclic) bond motifs is 1.